The first-order valence-corrected chi connectivity index (χ1v) is 5.64. The third kappa shape index (κ3) is 2.84. The second-order valence-electron chi connectivity index (χ2n) is 4.06. The fourth-order valence-electron chi connectivity index (χ4n) is 1.83. The summed E-state index contributed by atoms with van der Waals surface area (Å²) in [7, 11) is 0. The average molecular weight is 235 g/mol. The second-order valence-corrected chi connectivity index (χ2v) is 4.06. The lowest BCUT2D eigenvalue weighted by Crippen LogP contribution is -2.32. The molecule has 5 nitrogen and oxygen atoms in total. The minimum atomic E-state index is -0.599. The lowest BCUT2D eigenvalue weighted by molar-refractivity contribution is -0.124. The van der Waals surface area contributed by atoms with Crippen LogP contribution in [0, 0.1) is 31.1 Å². The predicted molar refractivity (Wildman–Crippen MR) is 61.9 cm³/mol. The van der Waals surface area contributed by atoms with Crippen molar-refractivity contribution >= 4 is 5.91 Å². The van der Waals surface area contributed by atoms with E-state index in [4.69, 9.17) is 9.78 Å². The molecule has 0 radical (unpaired) electrons. The van der Waals surface area contributed by atoms with Crippen LogP contribution in [0.15, 0.2) is 4.52 Å². The van der Waals surface area contributed by atoms with Crippen LogP contribution in [0.25, 0.3) is 0 Å². The standard InChI is InChI=1S/C12H17N3O2/c1-5-10(6-13)12(16)14-7(2)11-8(3)15-17-9(11)4/h7,10H,5H2,1-4H3,(H,14,16). The number of amides is 1. The maximum Gasteiger partial charge on any atom is 0.237 e. The van der Waals surface area contributed by atoms with Crippen LogP contribution in [0.1, 0.15) is 43.3 Å². The van der Waals surface area contributed by atoms with Crippen LogP contribution in [-0.4, -0.2) is 11.1 Å². The summed E-state index contributed by atoms with van der Waals surface area (Å²) in [5.74, 6) is -0.152. The SMILES string of the molecule is CCC(C#N)C(=O)NC(C)c1c(C)noc1C. The molecule has 0 aliphatic carbocycles. The molecule has 2 unspecified atom stereocenters. The molecule has 0 spiro atoms. The van der Waals surface area contributed by atoms with E-state index in [0.29, 0.717) is 12.2 Å². The molecule has 0 saturated carbocycles. The van der Waals surface area contributed by atoms with Crippen molar-refractivity contribution in [1.82, 2.24) is 10.5 Å². The van der Waals surface area contributed by atoms with Gasteiger partial charge in [0.2, 0.25) is 5.91 Å². The van der Waals surface area contributed by atoms with Crippen molar-refractivity contribution in [2.45, 2.75) is 40.2 Å². The topological polar surface area (TPSA) is 78.9 Å². The molecule has 0 aliphatic rings. The first-order chi connectivity index (χ1) is 8.01. The highest BCUT2D eigenvalue weighted by atomic mass is 16.5. The van der Waals surface area contributed by atoms with Gasteiger partial charge in [0, 0.05) is 5.56 Å². The van der Waals surface area contributed by atoms with E-state index in [1.54, 1.807) is 6.92 Å². The fraction of sp³-hybridized carbons (Fsp3) is 0.583. The lowest BCUT2D eigenvalue weighted by atomic mass is 10.0. The lowest BCUT2D eigenvalue weighted by Gasteiger charge is -2.15. The third-order valence-corrected chi connectivity index (χ3v) is 2.76. The highest BCUT2D eigenvalue weighted by Crippen LogP contribution is 2.21. The zero-order valence-corrected chi connectivity index (χ0v) is 10.6. The number of carbonyl (C=O) groups is 1. The monoisotopic (exact) mass is 235 g/mol. The van der Waals surface area contributed by atoms with Gasteiger partial charge in [0.25, 0.3) is 0 Å². The van der Waals surface area contributed by atoms with Crippen LogP contribution in [0.2, 0.25) is 0 Å². The van der Waals surface area contributed by atoms with E-state index >= 15 is 0 Å². The van der Waals surface area contributed by atoms with E-state index in [1.165, 1.54) is 0 Å². The van der Waals surface area contributed by atoms with Crippen LogP contribution < -0.4 is 5.32 Å². The van der Waals surface area contributed by atoms with Gasteiger partial charge in [0.15, 0.2) is 0 Å². The maximum absolute atomic E-state index is 11.7. The molecule has 1 aromatic heterocycles. The molecule has 0 aromatic carbocycles. The van der Waals surface area contributed by atoms with E-state index in [0.717, 1.165) is 11.3 Å². The molecule has 0 saturated heterocycles. The number of hydrogen-bond acceptors (Lipinski definition) is 4. The summed E-state index contributed by atoms with van der Waals surface area (Å²) in [5, 5.41) is 15.5. The summed E-state index contributed by atoms with van der Waals surface area (Å²) in [5.41, 5.74) is 1.64. The Labute approximate surface area is 101 Å². The quantitative estimate of drug-likeness (QED) is 0.865. The normalized spacial score (nSPS) is 13.8. The van der Waals surface area contributed by atoms with Gasteiger partial charge < -0.3 is 9.84 Å². The van der Waals surface area contributed by atoms with Gasteiger partial charge in [-0.3, -0.25) is 4.79 Å². The molecule has 1 heterocycles. The van der Waals surface area contributed by atoms with Crippen molar-refractivity contribution in [2.24, 2.45) is 5.92 Å². The van der Waals surface area contributed by atoms with Gasteiger partial charge in [-0.15, -0.1) is 0 Å². The highest BCUT2D eigenvalue weighted by Gasteiger charge is 2.22. The van der Waals surface area contributed by atoms with E-state index in [2.05, 4.69) is 10.5 Å². The molecule has 5 heteroatoms. The second kappa shape index (κ2) is 5.48. The first-order valence-electron chi connectivity index (χ1n) is 5.64. The minimum absolute atomic E-state index is 0.198. The number of rotatable bonds is 4. The average Bonchev–Trinajstić information content (AvgIpc) is 2.60. The van der Waals surface area contributed by atoms with E-state index < -0.39 is 5.92 Å². The fourth-order valence-corrected chi connectivity index (χ4v) is 1.83. The van der Waals surface area contributed by atoms with E-state index in [9.17, 15) is 4.79 Å². The maximum atomic E-state index is 11.7. The molecule has 1 aromatic rings. The Balaban J connectivity index is 2.77. The Bertz CT molecular complexity index is 426. The number of nitrogens with zero attached hydrogens (tertiary/aromatic N) is 2. The van der Waals surface area contributed by atoms with Crippen molar-refractivity contribution in [3.63, 3.8) is 0 Å². The molecule has 2 atom stereocenters. The van der Waals surface area contributed by atoms with Crippen molar-refractivity contribution in [3.8, 4) is 6.07 Å². The molecular weight excluding hydrogens is 218 g/mol. The summed E-state index contributed by atoms with van der Waals surface area (Å²) >= 11 is 0. The van der Waals surface area contributed by atoms with Crippen molar-refractivity contribution in [2.75, 3.05) is 0 Å². The molecule has 17 heavy (non-hydrogen) atoms. The molecule has 0 fully saturated rings. The van der Waals surface area contributed by atoms with Gasteiger partial charge in [-0.05, 0) is 27.2 Å². The summed E-state index contributed by atoms with van der Waals surface area (Å²) in [4.78, 5) is 11.7. The molecule has 92 valence electrons. The third-order valence-electron chi connectivity index (χ3n) is 2.76. The van der Waals surface area contributed by atoms with Gasteiger partial charge in [-0.2, -0.15) is 5.26 Å². The molecule has 1 rings (SSSR count). The van der Waals surface area contributed by atoms with Crippen LogP contribution >= 0.6 is 0 Å². The zero-order valence-electron chi connectivity index (χ0n) is 10.6. The van der Waals surface area contributed by atoms with Crippen molar-refractivity contribution in [3.05, 3.63) is 17.0 Å². The smallest absolute Gasteiger partial charge is 0.237 e. The summed E-state index contributed by atoms with van der Waals surface area (Å²) < 4.78 is 5.04. The number of aromatic nitrogens is 1. The van der Waals surface area contributed by atoms with Crippen molar-refractivity contribution < 1.29 is 9.32 Å². The number of carbonyl (C=O) groups excluding carboxylic acids is 1. The Hall–Kier alpha value is -1.83. The Morgan fingerprint density at radius 1 is 1.59 bits per heavy atom. The minimum Gasteiger partial charge on any atom is -0.361 e. The number of hydrogen-bond donors (Lipinski definition) is 1. The molecule has 1 N–H and O–H groups in total. The predicted octanol–water partition coefficient (Wildman–Crippen LogP) is 2.02. The van der Waals surface area contributed by atoms with Crippen LogP contribution in [0.4, 0.5) is 0 Å². The van der Waals surface area contributed by atoms with Gasteiger partial charge >= 0.3 is 0 Å². The summed E-state index contributed by atoms with van der Waals surface area (Å²) in [6.07, 6.45) is 0.511. The Morgan fingerprint density at radius 3 is 2.65 bits per heavy atom. The number of nitrogens with one attached hydrogen (secondary N) is 1. The molecule has 1 amide bonds. The first kappa shape index (κ1) is 13.2. The Morgan fingerprint density at radius 2 is 2.24 bits per heavy atom. The summed E-state index contributed by atoms with van der Waals surface area (Å²) in [6.45, 7) is 7.30. The Kier molecular flexibility index (Phi) is 4.27. The van der Waals surface area contributed by atoms with Crippen LogP contribution in [-0.2, 0) is 4.79 Å². The van der Waals surface area contributed by atoms with Gasteiger partial charge in [0.05, 0.1) is 17.8 Å². The largest absolute Gasteiger partial charge is 0.361 e. The van der Waals surface area contributed by atoms with Crippen molar-refractivity contribution in [1.29, 1.82) is 5.26 Å². The van der Waals surface area contributed by atoms with E-state index in [-0.39, 0.29) is 11.9 Å². The van der Waals surface area contributed by atoms with Gasteiger partial charge in [-0.1, -0.05) is 12.1 Å². The van der Waals surface area contributed by atoms with E-state index in [1.807, 2.05) is 26.8 Å². The molecular formula is C12H17N3O2. The summed E-state index contributed by atoms with van der Waals surface area (Å²) in [6, 6.07) is 1.78. The van der Waals surface area contributed by atoms with Gasteiger partial charge in [-0.25, -0.2) is 0 Å². The zero-order chi connectivity index (χ0) is 13.0. The van der Waals surface area contributed by atoms with Crippen LogP contribution in [0.5, 0.6) is 0 Å². The van der Waals surface area contributed by atoms with Gasteiger partial charge in [0.1, 0.15) is 11.7 Å². The molecule has 0 bridgehead atoms. The molecule has 0 aliphatic heterocycles. The highest BCUT2D eigenvalue weighted by molar-refractivity contribution is 5.81. The number of nitriles is 1. The van der Waals surface area contributed by atoms with Crippen LogP contribution in [0.3, 0.4) is 0 Å². The number of aryl methyl sites for hydroxylation is 2.